The van der Waals surface area contributed by atoms with Gasteiger partial charge in [-0.2, -0.15) is 0 Å². The zero-order chi connectivity index (χ0) is 13.8. The molecule has 2 aromatic carbocycles. The lowest BCUT2D eigenvalue weighted by Crippen LogP contribution is -2.00. The highest BCUT2D eigenvalue weighted by Gasteiger charge is 2.09. The number of aromatic carboxylic acids is 1. The van der Waals surface area contributed by atoms with Crippen molar-refractivity contribution in [2.45, 2.75) is 6.61 Å². The average molecular weight is 389 g/mol. The van der Waals surface area contributed by atoms with Gasteiger partial charge in [-0.1, -0.05) is 23.7 Å². The van der Waals surface area contributed by atoms with Crippen molar-refractivity contribution in [3.05, 3.63) is 62.2 Å². The van der Waals surface area contributed by atoms with E-state index in [2.05, 4.69) is 22.6 Å². The Morgan fingerprint density at radius 2 is 1.89 bits per heavy atom. The monoisotopic (exact) mass is 388 g/mol. The van der Waals surface area contributed by atoms with Crippen molar-refractivity contribution in [3.8, 4) is 5.75 Å². The fourth-order valence-electron chi connectivity index (χ4n) is 1.51. The molecule has 0 amide bonds. The molecule has 0 aliphatic rings. The van der Waals surface area contributed by atoms with Gasteiger partial charge in [0.15, 0.2) is 0 Å². The van der Waals surface area contributed by atoms with Crippen LogP contribution in [0.25, 0.3) is 0 Å². The van der Waals surface area contributed by atoms with Crippen LogP contribution < -0.4 is 4.74 Å². The molecule has 19 heavy (non-hydrogen) atoms. The highest BCUT2D eigenvalue weighted by molar-refractivity contribution is 14.1. The highest BCUT2D eigenvalue weighted by atomic mass is 127. The molecule has 0 heterocycles. The Balaban J connectivity index is 2.09. The summed E-state index contributed by atoms with van der Waals surface area (Å²) in [5.41, 5.74) is 1.06. The maximum absolute atomic E-state index is 10.9. The van der Waals surface area contributed by atoms with Gasteiger partial charge in [0.1, 0.15) is 12.4 Å². The van der Waals surface area contributed by atoms with E-state index in [1.807, 2.05) is 24.3 Å². The fourth-order valence-corrected chi connectivity index (χ4v) is 2.06. The first-order valence-corrected chi connectivity index (χ1v) is 6.92. The Morgan fingerprint density at radius 3 is 2.53 bits per heavy atom. The minimum Gasteiger partial charge on any atom is -0.489 e. The van der Waals surface area contributed by atoms with Crippen LogP contribution >= 0.6 is 34.2 Å². The predicted molar refractivity (Wildman–Crippen MR) is 81.9 cm³/mol. The van der Waals surface area contributed by atoms with Gasteiger partial charge in [-0.05, 0) is 58.5 Å². The number of hydrogen-bond donors (Lipinski definition) is 1. The lowest BCUT2D eigenvalue weighted by atomic mass is 10.2. The maximum atomic E-state index is 10.9. The zero-order valence-electron chi connectivity index (χ0n) is 9.77. The number of carboxylic acids is 1. The van der Waals surface area contributed by atoms with Gasteiger partial charge in [-0.25, -0.2) is 4.79 Å². The van der Waals surface area contributed by atoms with Crippen molar-refractivity contribution in [1.29, 1.82) is 0 Å². The Bertz CT molecular complexity index is 596. The summed E-state index contributed by atoms with van der Waals surface area (Å²) in [4.78, 5) is 10.9. The molecule has 0 aliphatic carbocycles. The number of benzene rings is 2. The molecule has 3 nitrogen and oxygen atoms in total. The van der Waals surface area contributed by atoms with Crippen LogP contribution in [0.5, 0.6) is 5.75 Å². The van der Waals surface area contributed by atoms with E-state index in [9.17, 15) is 4.79 Å². The Kier molecular flexibility index (Phi) is 4.66. The molecule has 2 rings (SSSR count). The van der Waals surface area contributed by atoms with Crippen LogP contribution in [-0.4, -0.2) is 11.1 Å². The predicted octanol–water partition coefficient (Wildman–Crippen LogP) is 4.22. The first-order chi connectivity index (χ1) is 9.06. The van der Waals surface area contributed by atoms with Gasteiger partial charge < -0.3 is 9.84 Å². The van der Waals surface area contributed by atoms with E-state index in [4.69, 9.17) is 21.4 Å². The molecular formula is C14H10ClIO3. The molecule has 0 aliphatic heterocycles. The molecule has 0 aromatic heterocycles. The van der Waals surface area contributed by atoms with Crippen molar-refractivity contribution in [2.24, 2.45) is 0 Å². The molecule has 0 radical (unpaired) electrons. The third kappa shape index (κ3) is 3.84. The first-order valence-electron chi connectivity index (χ1n) is 5.46. The summed E-state index contributed by atoms with van der Waals surface area (Å²) >= 11 is 8.02. The summed E-state index contributed by atoms with van der Waals surface area (Å²) in [7, 11) is 0. The van der Waals surface area contributed by atoms with Crippen LogP contribution in [0.2, 0.25) is 5.02 Å². The Hall–Kier alpha value is -1.27. The van der Waals surface area contributed by atoms with Crippen molar-refractivity contribution >= 4 is 40.2 Å². The van der Waals surface area contributed by atoms with E-state index in [1.54, 1.807) is 6.07 Å². The maximum Gasteiger partial charge on any atom is 0.337 e. The van der Waals surface area contributed by atoms with Gasteiger partial charge in [-0.3, -0.25) is 0 Å². The lowest BCUT2D eigenvalue weighted by Gasteiger charge is -2.08. The third-order valence-corrected chi connectivity index (χ3v) is 3.54. The zero-order valence-corrected chi connectivity index (χ0v) is 12.7. The molecule has 98 valence electrons. The van der Waals surface area contributed by atoms with Crippen LogP contribution in [0.4, 0.5) is 0 Å². The van der Waals surface area contributed by atoms with Gasteiger partial charge in [0.2, 0.25) is 0 Å². The van der Waals surface area contributed by atoms with E-state index in [1.165, 1.54) is 12.1 Å². The van der Waals surface area contributed by atoms with E-state index < -0.39 is 5.97 Å². The van der Waals surface area contributed by atoms with Crippen LogP contribution in [0.15, 0.2) is 42.5 Å². The minimum absolute atomic E-state index is 0.0433. The molecule has 0 saturated carbocycles. The highest BCUT2D eigenvalue weighted by Crippen LogP contribution is 2.23. The Morgan fingerprint density at radius 1 is 1.21 bits per heavy atom. The van der Waals surface area contributed by atoms with Gasteiger partial charge in [0.05, 0.1) is 10.6 Å². The smallest absolute Gasteiger partial charge is 0.337 e. The normalized spacial score (nSPS) is 10.2. The second-order valence-electron chi connectivity index (χ2n) is 3.86. The van der Waals surface area contributed by atoms with Crippen molar-refractivity contribution in [2.75, 3.05) is 0 Å². The van der Waals surface area contributed by atoms with Crippen LogP contribution in [0.3, 0.4) is 0 Å². The number of rotatable bonds is 4. The number of carboxylic acid groups (broad SMARTS) is 1. The largest absolute Gasteiger partial charge is 0.489 e. The van der Waals surface area contributed by atoms with E-state index in [-0.39, 0.29) is 10.6 Å². The Labute approximate surface area is 129 Å². The van der Waals surface area contributed by atoms with Gasteiger partial charge in [0, 0.05) is 3.57 Å². The van der Waals surface area contributed by atoms with Crippen molar-refractivity contribution < 1.29 is 14.6 Å². The molecule has 0 saturated heterocycles. The second kappa shape index (κ2) is 6.25. The van der Waals surface area contributed by atoms with E-state index in [0.29, 0.717) is 12.4 Å². The number of hydrogen-bond acceptors (Lipinski definition) is 2. The molecule has 2 aromatic rings. The SMILES string of the molecule is O=C(O)c1cc(OCc2ccc(I)cc2)ccc1Cl. The fraction of sp³-hybridized carbons (Fsp3) is 0.0714. The van der Waals surface area contributed by atoms with Gasteiger partial charge in [-0.15, -0.1) is 0 Å². The number of ether oxygens (including phenoxy) is 1. The molecule has 0 bridgehead atoms. The number of halogens is 2. The third-order valence-electron chi connectivity index (χ3n) is 2.49. The quantitative estimate of drug-likeness (QED) is 0.798. The molecule has 1 N–H and O–H groups in total. The molecule has 5 heteroatoms. The van der Waals surface area contributed by atoms with Crippen molar-refractivity contribution in [3.63, 3.8) is 0 Å². The molecule has 0 unspecified atom stereocenters. The summed E-state index contributed by atoms with van der Waals surface area (Å²) in [5.74, 6) is -0.579. The van der Waals surface area contributed by atoms with E-state index in [0.717, 1.165) is 9.13 Å². The molecular weight excluding hydrogens is 379 g/mol. The topological polar surface area (TPSA) is 46.5 Å². The van der Waals surface area contributed by atoms with Crippen LogP contribution in [0.1, 0.15) is 15.9 Å². The van der Waals surface area contributed by atoms with Crippen LogP contribution in [-0.2, 0) is 6.61 Å². The average Bonchev–Trinajstić information content (AvgIpc) is 2.39. The van der Waals surface area contributed by atoms with Gasteiger partial charge >= 0.3 is 5.97 Å². The summed E-state index contributed by atoms with van der Waals surface area (Å²) in [6, 6.07) is 12.5. The molecule has 0 fully saturated rings. The molecule has 0 atom stereocenters. The summed E-state index contributed by atoms with van der Waals surface area (Å²) in [6.07, 6.45) is 0. The second-order valence-corrected chi connectivity index (χ2v) is 5.51. The van der Waals surface area contributed by atoms with Gasteiger partial charge in [0.25, 0.3) is 0 Å². The minimum atomic E-state index is -1.07. The summed E-state index contributed by atoms with van der Waals surface area (Å²) < 4.78 is 6.71. The summed E-state index contributed by atoms with van der Waals surface area (Å²) in [5, 5.41) is 9.17. The lowest BCUT2D eigenvalue weighted by molar-refractivity contribution is 0.0696. The number of carbonyl (C=O) groups is 1. The first kappa shape index (κ1) is 14.1. The van der Waals surface area contributed by atoms with Crippen molar-refractivity contribution in [1.82, 2.24) is 0 Å². The van der Waals surface area contributed by atoms with E-state index >= 15 is 0 Å². The van der Waals surface area contributed by atoms with Crippen LogP contribution in [0, 0.1) is 3.57 Å². The summed E-state index contributed by atoms with van der Waals surface area (Å²) in [6.45, 7) is 0.387. The molecule has 0 spiro atoms. The standard InChI is InChI=1S/C14H10ClIO3/c15-13-6-5-11(7-12(13)14(17)18)19-8-9-1-3-10(16)4-2-9/h1-7H,8H2,(H,17,18).